The molecule has 0 saturated heterocycles. The number of para-hydroxylation sites is 2. The van der Waals surface area contributed by atoms with Crippen molar-refractivity contribution in [3.8, 4) is 5.75 Å². The molecule has 2 aliphatic rings. The van der Waals surface area contributed by atoms with Crippen molar-refractivity contribution < 1.29 is 4.74 Å². The molecule has 0 amide bonds. The van der Waals surface area contributed by atoms with Gasteiger partial charge < -0.3 is 4.74 Å². The van der Waals surface area contributed by atoms with Gasteiger partial charge in [-0.2, -0.15) is 4.58 Å². The summed E-state index contributed by atoms with van der Waals surface area (Å²) in [4.78, 5) is 4.22. The minimum Gasteiger partial charge on any atom is -0.473 e. The zero-order valence-corrected chi connectivity index (χ0v) is 19.0. The van der Waals surface area contributed by atoms with Crippen LogP contribution in [0.4, 0.5) is 11.4 Å². The normalized spacial score (nSPS) is 15.5. The average molecular weight is 451 g/mol. The van der Waals surface area contributed by atoms with Crippen LogP contribution in [0.3, 0.4) is 0 Å². The first-order chi connectivity index (χ1) is 17.4. The van der Waals surface area contributed by atoms with Crippen LogP contribution in [0.1, 0.15) is 33.9 Å². The Morgan fingerprint density at radius 1 is 0.629 bits per heavy atom. The molecule has 0 N–H and O–H groups in total. The van der Waals surface area contributed by atoms with E-state index in [1.54, 1.807) is 0 Å². The second kappa shape index (κ2) is 8.07. The van der Waals surface area contributed by atoms with E-state index in [1.807, 2.05) is 18.5 Å². The summed E-state index contributed by atoms with van der Waals surface area (Å²) in [5.41, 5.74) is 9.36. The molecule has 165 valence electrons. The van der Waals surface area contributed by atoms with E-state index >= 15 is 0 Å². The number of hydrogen-bond acceptors (Lipinski definition) is 2. The molecule has 5 aromatic rings. The molecule has 0 bridgehead atoms. The molecule has 35 heavy (non-hydrogen) atoms. The highest BCUT2D eigenvalue weighted by Gasteiger charge is 2.48. The summed E-state index contributed by atoms with van der Waals surface area (Å²) in [6, 6.07) is 40.4. The van der Waals surface area contributed by atoms with E-state index in [-0.39, 0.29) is 6.10 Å². The Morgan fingerprint density at radius 3 is 2.11 bits per heavy atom. The fourth-order valence-corrected chi connectivity index (χ4v) is 5.27. The highest BCUT2D eigenvalue weighted by atomic mass is 16.5. The minimum absolute atomic E-state index is 0.0773. The molecule has 7 rings (SSSR count). The van der Waals surface area contributed by atoms with E-state index in [4.69, 9.17) is 4.74 Å². The lowest BCUT2D eigenvalue weighted by Gasteiger charge is -2.17. The van der Waals surface area contributed by atoms with Gasteiger partial charge in [0.15, 0.2) is 0 Å². The molecule has 3 heteroatoms. The highest BCUT2D eigenvalue weighted by molar-refractivity contribution is 6.14. The lowest BCUT2D eigenvalue weighted by atomic mass is 9.85. The van der Waals surface area contributed by atoms with Gasteiger partial charge in [0, 0.05) is 30.6 Å². The number of benzene rings is 4. The Morgan fingerprint density at radius 2 is 1.29 bits per heavy atom. The summed E-state index contributed by atoms with van der Waals surface area (Å²) in [7, 11) is 0. The Balaban J connectivity index is 1.37. The summed E-state index contributed by atoms with van der Waals surface area (Å²) in [5.74, 6) is 2.14. The summed E-state index contributed by atoms with van der Waals surface area (Å²) in [5, 5.41) is 0. The van der Waals surface area contributed by atoms with Gasteiger partial charge in [0.25, 0.3) is 0 Å². The summed E-state index contributed by atoms with van der Waals surface area (Å²) >= 11 is 0. The van der Waals surface area contributed by atoms with Gasteiger partial charge >= 0.3 is 0 Å². The van der Waals surface area contributed by atoms with Crippen LogP contribution < -0.4 is 9.31 Å². The third-order valence-corrected chi connectivity index (χ3v) is 6.80. The first-order valence-corrected chi connectivity index (χ1v) is 11.8. The minimum atomic E-state index is -0.0773. The second-order valence-electron chi connectivity index (χ2n) is 8.80. The van der Waals surface area contributed by atoms with Crippen LogP contribution in [0.2, 0.25) is 0 Å². The number of fused-ring (bicyclic) bond motifs is 5. The van der Waals surface area contributed by atoms with Crippen LogP contribution in [0.25, 0.3) is 0 Å². The fraction of sp³-hybridized carbons (Fsp3) is 0.0312. The van der Waals surface area contributed by atoms with Crippen molar-refractivity contribution in [3.05, 3.63) is 161 Å². The predicted octanol–water partition coefficient (Wildman–Crippen LogP) is 6.87. The van der Waals surface area contributed by atoms with Gasteiger partial charge in [0.1, 0.15) is 5.75 Å². The van der Waals surface area contributed by atoms with Gasteiger partial charge in [-0.1, -0.05) is 66.7 Å². The summed E-state index contributed by atoms with van der Waals surface area (Å²) in [6.45, 7) is 0. The van der Waals surface area contributed by atoms with Gasteiger partial charge in [-0.05, 0) is 47.0 Å². The van der Waals surface area contributed by atoms with E-state index in [0.29, 0.717) is 0 Å². The van der Waals surface area contributed by atoms with Gasteiger partial charge in [0.05, 0.1) is 17.0 Å². The summed E-state index contributed by atoms with van der Waals surface area (Å²) in [6.07, 6.45) is 3.62. The molecule has 2 aliphatic heterocycles. The van der Waals surface area contributed by atoms with Crippen molar-refractivity contribution in [2.24, 2.45) is 0 Å². The number of pyridine rings is 1. The predicted molar refractivity (Wildman–Crippen MR) is 139 cm³/mol. The maximum absolute atomic E-state index is 6.40. The van der Waals surface area contributed by atoms with Crippen molar-refractivity contribution in [3.63, 3.8) is 0 Å². The van der Waals surface area contributed by atoms with E-state index in [0.717, 1.165) is 22.6 Å². The molecule has 1 aromatic heterocycles. The molecule has 0 fully saturated rings. The Kier molecular flexibility index (Phi) is 4.59. The second-order valence-corrected chi connectivity index (χ2v) is 8.80. The number of ether oxygens (including phenoxy) is 1. The Labute approximate surface area is 204 Å². The molecular weight excluding hydrogens is 428 g/mol. The third kappa shape index (κ3) is 3.20. The molecule has 4 aromatic carbocycles. The number of aromatic nitrogens is 1. The number of nitrogens with zero attached hydrogens (tertiary/aromatic N) is 2. The van der Waals surface area contributed by atoms with E-state index in [1.165, 1.54) is 34.0 Å². The lowest BCUT2D eigenvalue weighted by molar-refractivity contribution is 0.293. The first-order valence-electron chi connectivity index (χ1n) is 11.8. The first kappa shape index (κ1) is 19.9. The van der Waals surface area contributed by atoms with Gasteiger partial charge in [-0.25, -0.2) is 0 Å². The van der Waals surface area contributed by atoms with Crippen LogP contribution in [-0.2, 0) is 0 Å². The van der Waals surface area contributed by atoms with Crippen LogP contribution in [-0.4, -0.2) is 10.7 Å². The zero-order valence-electron chi connectivity index (χ0n) is 19.0. The molecule has 0 saturated carbocycles. The highest BCUT2D eigenvalue weighted by Crippen LogP contribution is 2.46. The third-order valence-electron chi connectivity index (χ3n) is 6.80. The monoisotopic (exact) mass is 450 g/mol. The zero-order chi connectivity index (χ0) is 23.2. The van der Waals surface area contributed by atoms with Gasteiger partial charge in [0.2, 0.25) is 23.2 Å². The molecular formula is C32H22N2O+. The molecule has 3 heterocycles. The average Bonchev–Trinajstić information content (AvgIpc) is 3.46. The largest absolute Gasteiger partial charge is 0.473 e. The fourth-order valence-electron chi connectivity index (χ4n) is 5.27. The maximum atomic E-state index is 6.40. The molecule has 1 atom stereocenters. The van der Waals surface area contributed by atoms with E-state index in [9.17, 15) is 0 Å². The van der Waals surface area contributed by atoms with E-state index < -0.39 is 0 Å². The summed E-state index contributed by atoms with van der Waals surface area (Å²) < 4.78 is 8.75. The maximum Gasteiger partial charge on any atom is 0.244 e. The SMILES string of the molecule is c1ccc([C](c2ccncc2)c2ccc([N+]3=C4c5ccccc5OC4c4ccccc43)cc2)cc1. The lowest BCUT2D eigenvalue weighted by Crippen LogP contribution is -2.15. The van der Waals surface area contributed by atoms with Crippen LogP contribution in [0.15, 0.2) is 128 Å². The molecule has 1 unspecified atom stereocenters. The van der Waals surface area contributed by atoms with Crippen LogP contribution in [0.5, 0.6) is 5.75 Å². The molecule has 1 radical (unpaired) electrons. The van der Waals surface area contributed by atoms with Crippen molar-refractivity contribution in [2.75, 3.05) is 0 Å². The Bertz CT molecular complexity index is 1520. The quantitative estimate of drug-likeness (QED) is 0.279. The van der Waals surface area contributed by atoms with Crippen molar-refractivity contribution in [1.29, 1.82) is 0 Å². The smallest absolute Gasteiger partial charge is 0.244 e. The van der Waals surface area contributed by atoms with Gasteiger partial charge in [-0.15, -0.1) is 0 Å². The molecule has 0 spiro atoms. The van der Waals surface area contributed by atoms with E-state index in [2.05, 4.69) is 119 Å². The molecule has 0 aliphatic carbocycles. The topological polar surface area (TPSA) is 25.1 Å². The standard InChI is InChI=1S/C32H22N2O/c1-2-8-22(9-3-1)30(24-18-20-33-21-19-24)23-14-16-25(17-15-23)34-28-12-6-4-10-26(28)32-31(34)27-11-5-7-13-29(27)35-32/h1-21,32H/q+1. The number of hydrogen-bond donors (Lipinski definition) is 0. The van der Waals surface area contributed by atoms with Crippen LogP contribution >= 0.6 is 0 Å². The van der Waals surface area contributed by atoms with Crippen molar-refractivity contribution >= 4 is 17.1 Å². The van der Waals surface area contributed by atoms with Crippen molar-refractivity contribution in [1.82, 2.24) is 9.56 Å². The van der Waals surface area contributed by atoms with Crippen molar-refractivity contribution in [2.45, 2.75) is 6.10 Å². The molecule has 3 nitrogen and oxygen atoms in total. The van der Waals surface area contributed by atoms with Crippen LogP contribution in [0, 0.1) is 5.92 Å². The Hall–Kier alpha value is -4.50. The number of rotatable bonds is 4. The van der Waals surface area contributed by atoms with Gasteiger partial charge in [-0.3, -0.25) is 4.98 Å².